The molecule has 2 aromatic carbocycles. The monoisotopic (exact) mass is 433 g/mol. The van der Waals surface area contributed by atoms with E-state index in [9.17, 15) is 13.6 Å². The number of carbonyl (C=O) groups excluding carboxylic acids is 1. The lowest BCUT2D eigenvalue weighted by Gasteiger charge is -2.19. The molecule has 0 fully saturated rings. The van der Waals surface area contributed by atoms with E-state index in [2.05, 4.69) is 19.9 Å². The molecule has 9 heteroatoms. The summed E-state index contributed by atoms with van der Waals surface area (Å²) in [5, 5.41) is 0.213. The van der Waals surface area contributed by atoms with E-state index in [4.69, 9.17) is 0 Å². The number of amides is 1. The smallest absolute Gasteiger partial charge is 0.276 e. The number of halogens is 2. The number of hydrogen-bond acceptors (Lipinski definition) is 6. The quantitative estimate of drug-likeness (QED) is 0.409. The van der Waals surface area contributed by atoms with Gasteiger partial charge in [-0.15, -0.1) is 0 Å². The van der Waals surface area contributed by atoms with Crippen LogP contribution in [0.1, 0.15) is 16.2 Å². The van der Waals surface area contributed by atoms with Gasteiger partial charge in [0.05, 0.1) is 34.2 Å². The maximum Gasteiger partial charge on any atom is 0.280 e. The van der Waals surface area contributed by atoms with E-state index in [1.807, 2.05) is 12.1 Å². The molecule has 6 nitrogen and oxygen atoms in total. The van der Waals surface area contributed by atoms with Gasteiger partial charge < -0.3 is 0 Å². The largest absolute Gasteiger partial charge is 0.280 e. The molecule has 0 saturated carbocycles. The Morgan fingerprint density at radius 3 is 2.58 bits per heavy atom. The van der Waals surface area contributed by atoms with Crippen LogP contribution in [-0.4, -0.2) is 25.8 Å². The number of aromatic nitrogens is 4. The number of pyridine rings is 1. The second-order valence-electron chi connectivity index (χ2n) is 6.69. The molecule has 0 radical (unpaired) electrons. The summed E-state index contributed by atoms with van der Waals surface area (Å²) < 4.78 is 28.2. The number of rotatable bonds is 4. The summed E-state index contributed by atoms with van der Waals surface area (Å²) in [6.45, 7) is 0.0815. The first kappa shape index (κ1) is 19.1. The van der Waals surface area contributed by atoms with Gasteiger partial charge in [-0.25, -0.2) is 18.7 Å². The van der Waals surface area contributed by atoms with Crippen LogP contribution in [0.15, 0.2) is 67.0 Å². The van der Waals surface area contributed by atoms with E-state index in [1.165, 1.54) is 17.2 Å². The van der Waals surface area contributed by atoms with Crippen molar-refractivity contribution in [2.24, 2.45) is 0 Å². The fraction of sp³-hybridized carbons (Fsp3) is 0.0455. The lowest BCUT2D eigenvalue weighted by atomic mass is 10.2. The minimum Gasteiger partial charge on any atom is -0.276 e. The Hall–Kier alpha value is -3.85. The maximum absolute atomic E-state index is 14.2. The molecular formula is C22H13F2N5OS. The summed E-state index contributed by atoms with van der Waals surface area (Å²) in [4.78, 5) is 32.0. The third kappa shape index (κ3) is 3.71. The molecule has 0 unspecified atom stereocenters. The normalized spacial score (nSPS) is 11.2. The lowest BCUT2D eigenvalue weighted by Crippen LogP contribution is -2.31. The molecule has 5 rings (SSSR count). The van der Waals surface area contributed by atoms with Gasteiger partial charge in [-0.3, -0.25) is 19.7 Å². The molecule has 3 aromatic heterocycles. The summed E-state index contributed by atoms with van der Waals surface area (Å²) in [6, 6.07) is 14.5. The second-order valence-corrected chi connectivity index (χ2v) is 7.70. The van der Waals surface area contributed by atoms with Gasteiger partial charge in [0.1, 0.15) is 17.0 Å². The molecule has 0 atom stereocenters. The highest BCUT2D eigenvalue weighted by Gasteiger charge is 2.25. The van der Waals surface area contributed by atoms with Crippen molar-refractivity contribution in [3.8, 4) is 0 Å². The first-order chi connectivity index (χ1) is 15.1. The van der Waals surface area contributed by atoms with Crippen LogP contribution in [-0.2, 0) is 6.54 Å². The summed E-state index contributed by atoms with van der Waals surface area (Å²) in [7, 11) is 0. The highest BCUT2D eigenvalue weighted by molar-refractivity contribution is 7.22. The maximum atomic E-state index is 14.2. The van der Waals surface area contributed by atoms with Crippen LogP contribution in [0, 0.1) is 11.6 Å². The van der Waals surface area contributed by atoms with Gasteiger partial charge >= 0.3 is 0 Å². The molecule has 5 aromatic rings. The minimum absolute atomic E-state index is 0.00446. The molecule has 3 heterocycles. The standard InChI is InChI=1S/C22H13F2N5OS/c23-13-9-15(24)20-19(10-13)31-22(28-20)29(12-14-5-3-4-8-25-14)21(30)18-11-26-16-6-1-2-7-17(16)27-18/h1-11H,12H2. The van der Waals surface area contributed by atoms with Crippen molar-refractivity contribution in [1.82, 2.24) is 19.9 Å². The summed E-state index contributed by atoms with van der Waals surface area (Å²) >= 11 is 1.02. The van der Waals surface area contributed by atoms with Crippen molar-refractivity contribution in [1.29, 1.82) is 0 Å². The van der Waals surface area contributed by atoms with Crippen LogP contribution < -0.4 is 4.90 Å². The molecule has 152 valence electrons. The number of thiazole rings is 1. The lowest BCUT2D eigenvalue weighted by molar-refractivity contribution is 0.0980. The van der Waals surface area contributed by atoms with E-state index >= 15 is 0 Å². The molecule has 31 heavy (non-hydrogen) atoms. The Balaban J connectivity index is 1.61. The fourth-order valence-corrected chi connectivity index (χ4v) is 4.14. The predicted octanol–water partition coefficient (Wildman–Crippen LogP) is 4.76. The molecule has 0 aliphatic carbocycles. The minimum atomic E-state index is -0.784. The van der Waals surface area contributed by atoms with Crippen LogP contribution in [0.4, 0.5) is 13.9 Å². The van der Waals surface area contributed by atoms with Crippen molar-refractivity contribution in [2.75, 3.05) is 4.90 Å². The second kappa shape index (κ2) is 7.77. The van der Waals surface area contributed by atoms with Gasteiger partial charge in [0.2, 0.25) is 0 Å². The Morgan fingerprint density at radius 2 is 1.77 bits per heavy atom. The molecule has 0 spiro atoms. The summed E-state index contributed by atoms with van der Waals surface area (Å²) in [5.41, 5.74) is 1.96. The Labute approximate surface area is 178 Å². The number of hydrogen-bond donors (Lipinski definition) is 0. The number of carbonyl (C=O) groups is 1. The van der Waals surface area contributed by atoms with Crippen molar-refractivity contribution < 1.29 is 13.6 Å². The number of fused-ring (bicyclic) bond motifs is 2. The van der Waals surface area contributed by atoms with E-state index < -0.39 is 17.5 Å². The van der Waals surface area contributed by atoms with Crippen LogP contribution in [0.25, 0.3) is 21.3 Å². The van der Waals surface area contributed by atoms with E-state index in [1.54, 1.807) is 36.5 Å². The zero-order valence-electron chi connectivity index (χ0n) is 15.9. The number of benzene rings is 2. The third-order valence-electron chi connectivity index (χ3n) is 4.59. The van der Waals surface area contributed by atoms with Gasteiger partial charge in [0, 0.05) is 12.3 Å². The predicted molar refractivity (Wildman–Crippen MR) is 114 cm³/mol. The zero-order chi connectivity index (χ0) is 21.4. The van der Waals surface area contributed by atoms with Gasteiger partial charge in [-0.05, 0) is 30.3 Å². The third-order valence-corrected chi connectivity index (χ3v) is 5.62. The average molecular weight is 433 g/mol. The van der Waals surface area contributed by atoms with Crippen molar-refractivity contribution in [3.05, 3.63) is 90.0 Å². The Kier molecular flexibility index (Phi) is 4.79. The molecular weight excluding hydrogens is 420 g/mol. The van der Waals surface area contributed by atoms with Gasteiger partial charge in [0.15, 0.2) is 10.9 Å². The first-order valence-corrected chi connectivity index (χ1v) is 10.1. The fourth-order valence-electron chi connectivity index (χ4n) is 3.14. The van der Waals surface area contributed by atoms with Crippen LogP contribution in [0.2, 0.25) is 0 Å². The van der Waals surface area contributed by atoms with Crippen molar-refractivity contribution >= 4 is 43.6 Å². The van der Waals surface area contributed by atoms with Gasteiger partial charge in [-0.2, -0.15) is 0 Å². The van der Waals surface area contributed by atoms with E-state index in [-0.39, 0.29) is 22.9 Å². The molecule has 0 bridgehead atoms. The van der Waals surface area contributed by atoms with Crippen molar-refractivity contribution in [3.63, 3.8) is 0 Å². The Morgan fingerprint density at radius 1 is 0.968 bits per heavy atom. The Bertz CT molecular complexity index is 1420. The van der Waals surface area contributed by atoms with E-state index in [0.717, 1.165) is 17.4 Å². The molecule has 0 aliphatic heterocycles. The highest BCUT2D eigenvalue weighted by Crippen LogP contribution is 2.32. The number of anilines is 1. The molecule has 0 saturated heterocycles. The average Bonchev–Trinajstić information content (AvgIpc) is 3.21. The topological polar surface area (TPSA) is 71.9 Å². The van der Waals surface area contributed by atoms with Crippen LogP contribution >= 0.6 is 11.3 Å². The summed E-state index contributed by atoms with van der Waals surface area (Å²) in [6.07, 6.45) is 3.00. The number of para-hydroxylation sites is 2. The van der Waals surface area contributed by atoms with E-state index in [0.29, 0.717) is 21.4 Å². The van der Waals surface area contributed by atoms with Crippen molar-refractivity contribution in [2.45, 2.75) is 6.54 Å². The number of nitrogens with zero attached hydrogens (tertiary/aromatic N) is 5. The van der Waals surface area contributed by atoms with Crippen LogP contribution in [0.3, 0.4) is 0 Å². The summed E-state index contributed by atoms with van der Waals surface area (Å²) in [5.74, 6) is -1.96. The van der Waals surface area contributed by atoms with Gasteiger partial charge in [0.25, 0.3) is 5.91 Å². The zero-order valence-corrected chi connectivity index (χ0v) is 16.7. The highest BCUT2D eigenvalue weighted by atomic mass is 32.1. The molecule has 0 N–H and O–H groups in total. The SMILES string of the molecule is O=C(c1cnc2ccccc2n1)N(Cc1ccccn1)c1nc2c(F)cc(F)cc2s1. The van der Waals surface area contributed by atoms with Gasteiger partial charge in [-0.1, -0.05) is 29.5 Å². The first-order valence-electron chi connectivity index (χ1n) is 9.27. The van der Waals surface area contributed by atoms with Crippen LogP contribution in [0.5, 0.6) is 0 Å². The molecule has 0 aliphatic rings. The molecule has 1 amide bonds.